The van der Waals surface area contributed by atoms with Gasteiger partial charge in [0.25, 0.3) is 0 Å². The van der Waals surface area contributed by atoms with Crippen molar-refractivity contribution in [2.24, 2.45) is 0 Å². The van der Waals surface area contributed by atoms with Crippen LogP contribution < -0.4 is 0 Å². The van der Waals surface area contributed by atoms with Gasteiger partial charge in [0.15, 0.2) is 0 Å². The van der Waals surface area contributed by atoms with Crippen LogP contribution in [0.5, 0.6) is 0 Å². The van der Waals surface area contributed by atoms with Crippen molar-refractivity contribution in [3.8, 4) is 0 Å². The van der Waals surface area contributed by atoms with Crippen molar-refractivity contribution in [1.82, 2.24) is 15.2 Å². The molecule has 0 atom stereocenters. The van der Waals surface area contributed by atoms with Gasteiger partial charge in [-0.05, 0) is 6.92 Å². The summed E-state index contributed by atoms with van der Waals surface area (Å²) in [4.78, 5) is 3.47. The molecular formula is C5H7F2N3. The van der Waals surface area contributed by atoms with Gasteiger partial charge in [0.05, 0.1) is 0 Å². The maximum atomic E-state index is 12.3. The van der Waals surface area contributed by atoms with Crippen LogP contribution in [0.2, 0.25) is 0 Å². The topological polar surface area (TPSA) is 41.6 Å². The molecule has 3 nitrogen and oxygen atoms in total. The van der Waals surface area contributed by atoms with Crippen LogP contribution in [0.15, 0.2) is 0 Å². The Labute approximate surface area is 56.5 Å². The second-order valence-corrected chi connectivity index (χ2v) is 2.13. The first kappa shape index (κ1) is 7.11. The van der Waals surface area contributed by atoms with E-state index in [1.165, 1.54) is 0 Å². The van der Waals surface area contributed by atoms with E-state index in [0.29, 0.717) is 5.82 Å². The summed E-state index contributed by atoms with van der Waals surface area (Å²) in [5, 5.41) is 5.63. The van der Waals surface area contributed by atoms with Crippen molar-refractivity contribution in [2.45, 2.75) is 19.8 Å². The Morgan fingerprint density at radius 3 is 2.30 bits per heavy atom. The summed E-state index contributed by atoms with van der Waals surface area (Å²) in [5.74, 6) is -2.99. The van der Waals surface area contributed by atoms with Crippen molar-refractivity contribution in [3.05, 3.63) is 11.6 Å². The maximum Gasteiger partial charge on any atom is 0.305 e. The maximum absolute atomic E-state index is 12.3. The smallest absolute Gasteiger partial charge is 0.263 e. The molecule has 1 rings (SSSR count). The van der Waals surface area contributed by atoms with Crippen LogP contribution in [-0.4, -0.2) is 15.2 Å². The van der Waals surface area contributed by atoms with Crippen LogP contribution in [0, 0.1) is 6.92 Å². The van der Waals surface area contributed by atoms with Gasteiger partial charge in [-0.1, -0.05) is 0 Å². The molecule has 0 amide bonds. The van der Waals surface area contributed by atoms with Gasteiger partial charge in [-0.2, -0.15) is 13.9 Å². The van der Waals surface area contributed by atoms with Crippen molar-refractivity contribution in [3.63, 3.8) is 0 Å². The largest absolute Gasteiger partial charge is 0.305 e. The lowest BCUT2D eigenvalue weighted by atomic mass is 10.4. The third-order valence-corrected chi connectivity index (χ3v) is 0.990. The number of H-pyrrole nitrogens is 1. The Morgan fingerprint density at radius 2 is 2.10 bits per heavy atom. The molecule has 0 aliphatic carbocycles. The zero-order valence-corrected chi connectivity index (χ0v) is 5.65. The molecule has 0 aliphatic rings. The number of aromatic nitrogens is 3. The molecule has 10 heavy (non-hydrogen) atoms. The summed E-state index contributed by atoms with van der Waals surface area (Å²) in [6, 6.07) is 0. The quantitative estimate of drug-likeness (QED) is 0.649. The van der Waals surface area contributed by atoms with Crippen molar-refractivity contribution in [1.29, 1.82) is 0 Å². The van der Waals surface area contributed by atoms with Crippen LogP contribution in [-0.2, 0) is 5.92 Å². The fraction of sp³-hybridized carbons (Fsp3) is 0.600. The minimum Gasteiger partial charge on any atom is -0.263 e. The van der Waals surface area contributed by atoms with Crippen molar-refractivity contribution in [2.75, 3.05) is 0 Å². The molecule has 1 heterocycles. The molecule has 1 aromatic heterocycles. The molecule has 1 aromatic rings. The summed E-state index contributed by atoms with van der Waals surface area (Å²) in [6.45, 7) is 2.33. The zero-order chi connectivity index (χ0) is 7.78. The Hall–Kier alpha value is -1.00. The second kappa shape index (κ2) is 2.00. The lowest BCUT2D eigenvalue weighted by Gasteiger charge is -2.01. The van der Waals surface area contributed by atoms with Crippen LogP contribution in [0.3, 0.4) is 0 Å². The van der Waals surface area contributed by atoms with E-state index in [0.717, 1.165) is 6.92 Å². The van der Waals surface area contributed by atoms with E-state index in [4.69, 9.17) is 0 Å². The third kappa shape index (κ3) is 1.29. The highest BCUT2D eigenvalue weighted by atomic mass is 19.3. The lowest BCUT2D eigenvalue weighted by Crippen LogP contribution is -2.09. The number of aryl methyl sites for hydroxylation is 1. The molecular weight excluding hydrogens is 140 g/mol. The zero-order valence-electron chi connectivity index (χ0n) is 5.65. The first-order chi connectivity index (χ1) is 4.50. The number of halogens is 2. The molecule has 5 heteroatoms. The van der Waals surface area contributed by atoms with E-state index in [1.54, 1.807) is 6.92 Å². The molecule has 0 aliphatic heterocycles. The Kier molecular flexibility index (Phi) is 1.42. The molecule has 0 aromatic carbocycles. The normalized spacial score (nSPS) is 12.0. The van der Waals surface area contributed by atoms with E-state index in [1.807, 2.05) is 0 Å². The number of nitrogens with zero attached hydrogens (tertiary/aromatic N) is 2. The fourth-order valence-corrected chi connectivity index (χ4v) is 0.539. The van der Waals surface area contributed by atoms with E-state index in [2.05, 4.69) is 15.2 Å². The van der Waals surface area contributed by atoms with Gasteiger partial charge in [-0.3, -0.25) is 5.10 Å². The van der Waals surface area contributed by atoms with Crippen LogP contribution in [0.25, 0.3) is 0 Å². The molecule has 0 saturated carbocycles. The van der Waals surface area contributed by atoms with Gasteiger partial charge in [0, 0.05) is 6.92 Å². The summed E-state index contributed by atoms with van der Waals surface area (Å²) >= 11 is 0. The van der Waals surface area contributed by atoms with E-state index in [-0.39, 0.29) is 0 Å². The summed E-state index contributed by atoms with van der Waals surface area (Å²) < 4.78 is 24.6. The standard InChI is InChI=1S/C5H7F2N3/c1-3-8-4(10-9-3)5(2,6)7/h1-2H3,(H,8,9,10). The van der Waals surface area contributed by atoms with Gasteiger partial charge in [0.1, 0.15) is 5.82 Å². The van der Waals surface area contributed by atoms with Crippen LogP contribution in [0.4, 0.5) is 8.78 Å². The Bertz CT molecular complexity index is 225. The Morgan fingerprint density at radius 1 is 1.50 bits per heavy atom. The Balaban J connectivity index is 2.96. The second-order valence-electron chi connectivity index (χ2n) is 2.13. The summed E-state index contributed by atoms with van der Waals surface area (Å²) in [7, 11) is 0. The van der Waals surface area contributed by atoms with Crippen LogP contribution in [0.1, 0.15) is 18.6 Å². The van der Waals surface area contributed by atoms with Crippen molar-refractivity contribution < 1.29 is 8.78 Å². The highest BCUT2D eigenvalue weighted by Crippen LogP contribution is 2.22. The van der Waals surface area contributed by atoms with E-state index < -0.39 is 11.7 Å². The molecule has 0 saturated heterocycles. The number of rotatable bonds is 1. The average Bonchev–Trinajstić information content (AvgIpc) is 2.11. The fourth-order valence-electron chi connectivity index (χ4n) is 0.539. The summed E-state index contributed by atoms with van der Waals surface area (Å²) in [5.41, 5.74) is 0. The van der Waals surface area contributed by atoms with Gasteiger partial charge in [-0.15, -0.1) is 0 Å². The minimum absolute atomic E-state index is 0.400. The van der Waals surface area contributed by atoms with Gasteiger partial charge < -0.3 is 0 Å². The van der Waals surface area contributed by atoms with Gasteiger partial charge in [-0.25, -0.2) is 4.98 Å². The van der Waals surface area contributed by atoms with Gasteiger partial charge in [0.2, 0.25) is 5.82 Å². The third-order valence-electron chi connectivity index (χ3n) is 0.990. The number of hydrogen-bond donors (Lipinski definition) is 1. The molecule has 0 unspecified atom stereocenters. The van der Waals surface area contributed by atoms with E-state index >= 15 is 0 Å². The molecule has 56 valence electrons. The SMILES string of the molecule is Cc1nc(C(C)(F)F)n[nH]1. The highest BCUT2D eigenvalue weighted by Gasteiger charge is 2.28. The highest BCUT2D eigenvalue weighted by molar-refractivity contribution is 4.94. The first-order valence-corrected chi connectivity index (χ1v) is 2.77. The number of aromatic amines is 1. The minimum atomic E-state index is -2.94. The molecule has 1 N–H and O–H groups in total. The number of alkyl halides is 2. The monoisotopic (exact) mass is 147 g/mol. The number of hydrogen-bond acceptors (Lipinski definition) is 2. The van der Waals surface area contributed by atoms with Crippen LogP contribution >= 0.6 is 0 Å². The predicted molar refractivity (Wildman–Crippen MR) is 30.7 cm³/mol. The molecule has 0 fully saturated rings. The lowest BCUT2D eigenvalue weighted by molar-refractivity contribution is 0.00804. The molecule has 0 bridgehead atoms. The van der Waals surface area contributed by atoms with Gasteiger partial charge >= 0.3 is 5.92 Å². The van der Waals surface area contributed by atoms with Crippen molar-refractivity contribution >= 4 is 0 Å². The summed E-state index contributed by atoms with van der Waals surface area (Å²) in [6.07, 6.45) is 0. The predicted octanol–water partition coefficient (Wildman–Crippen LogP) is 1.22. The number of nitrogens with one attached hydrogen (secondary N) is 1. The first-order valence-electron chi connectivity index (χ1n) is 2.77. The van der Waals surface area contributed by atoms with E-state index in [9.17, 15) is 8.78 Å². The average molecular weight is 147 g/mol. The molecule has 0 spiro atoms. The molecule has 0 radical (unpaired) electrons.